The Morgan fingerprint density at radius 2 is 2.05 bits per heavy atom. The van der Waals surface area contributed by atoms with Crippen molar-refractivity contribution in [2.24, 2.45) is 5.10 Å². The molecule has 0 saturated carbocycles. The number of halogens is 1. The summed E-state index contributed by atoms with van der Waals surface area (Å²) < 4.78 is 12.1. The van der Waals surface area contributed by atoms with Crippen molar-refractivity contribution < 1.29 is 14.3 Å². The fraction of sp³-hybridized carbons (Fsp3) is 0.429. The van der Waals surface area contributed by atoms with Crippen LogP contribution in [0.25, 0.3) is 0 Å². The van der Waals surface area contributed by atoms with Crippen molar-refractivity contribution >= 4 is 34.7 Å². The maximum absolute atomic E-state index is 11.8. The molecule has 1 fully saturated rings. The molecule has 1 N–H and O–H groups in total. The first-order valence-corrected chi connectivity index (χ1v) is 7.51. The van der Waals surface area contributed by atoms with E-state index >= 15 is 0 Å². The monoisotopic (exact) mass is 388 g/mol. The van der Waals surface area contributed by atoms with E-state index in [2.05, 4.69) is 33.1 Å². The van der Waals surface area contributed by atoms with E-state index in [9.17, 15) is 4.79 Å². The van der Waals surface area contributed by atoms with E-state index in [0.717, 1.165) is 15.6 Å². The SMILES string of the molecule is CC1(CC(=O)N/N=C\c2ccc(I)cc2)OCCCO1. The van der Waals surface area contributed by atoms with E-state index in [-0.39, 0.29) is 12.3 Å². The van der Waals surface area contributed by atoms with Gasteiger partial charge in [0.2, 0.25) is 5.91 Å². The fourth-order valence-electron chi connectivity index (χ4n) is 1.84. The number of nitrogens with zero attached hydrogens (tertiary/aromatic N) is 1. The summed E-state index contributed by atoms with van der Waals surface area (Å²) in [6.45, 7) is 3.01. The number of amides is 1. The first-order chi connectivity index (χ1) is 9.57. The summed E-state index contributed by atoms with van der Waals surface area (Å²) in [5.41, 5.74) is 3.42. The van der Waals surface area contributed by atoms with E-state index in [0.29, 0.717) is 13.2 Å². The molecule has 0 unspecified atom stereocenters. The minimum Gasteiger partial charge on any atom is -0.350 e. The Morgan fingerprint density at radius 1 is 1.40 bits per heavy atom. The zero-order chi connectivity index (χ0) is 14.4. The molecular formula is C14H17IN2O3. The highest BCUT2D eigenvalue weighted by Gasteiger charge is 2.31. The third-order valence-corrected chi connectivity index (χ3v) is 3.58. The van der Waals surface area contributed by atoms with Gasteiger partial charge in [0.05, 0.1) is 25.8 Å². The average molecular weight is 388 g/mol. The Balaban J connectivity index is 1.81. The van der Waals surface area contributed by atoms with Gasteiger partial charge in [-0.2, -0.15) is 5.10 Å². The van der Waals surface area contributed by atoms with Crippen LogP contribution in [0.2, 0.25) is 0 Å². The van der Waals surface area contributed by atoms with Crippen molar-refractivity contribution in [3.63, 3.8) is 0 Å². The summed E-state index contributed by atoms with van der Waals surface area (Å²) in [6, 6.07) is 7.83. The fourth-order valence-corrected chi connectivity index (χ4v) is 2.20. The average Bonchev–Trinajstić information content (AvgIpc) is 2.41. The number of nitrogens with one attached hydrogen (secondary N) is 1. The third-order valence-electron chi connectivity index (χ3n) is 2.86. The van der Waals surface area contributed by atoms with Crippen LogP contribution in [0.15, 0.2) is 29.4 Å². The van der Waals surface area contributed by atoms with E-state index in [1.54, 1.807) is 13.1 Å². The van der Waals surface area contributed by atoms with Crippen LogP contribution in [0.1, 0.15) is 25.3 Å². The molecule has 1 aromatic carbocycles. The maximum Gasteiger partial charge on any atom is 0.245 e. The molecule has 1 heterocycles. The molecule has 6 heteroatoms. The van der Waals surface area contributed by atoms with Gasteiger partial charge < -0.3 is 9.47 Å². The van der Waals surface area contributed by atoms with Crippen molar-refractivity contribution in [3.8, 4) is 0 Å². The van der Waals surface area contributed by atoms with Crippen molar-refractivity contribution in [1.29, 1.82) is 0 Å². The van der Waals surface area contributed by atoms with Gasteiger partial charge in [0.1, 0.15) is 0 Å². The molecule has 1 aromatic rings. The van der Waals surface area contributed by atoms with Crippen LogP contribution < -0.4 is 5.43 Å². The summed E-state index contributed by atoms with van der Waals surface area (Å²) in [5, 5.41) is 3.93. The van der Waals surface area contributed by atoms with Crippen LogP contribution in [-0.2, 0) is 14.3 Å². The number of benzene rings is 1. The molecule has 1 saturated heterocycles. The topological polar surface area (TPSA) is 59.9 Å². The Bertz CT molecular complexity index is 482. The molecular weight excluding hydrogens is 371 g/mol. The molecule has 0 spiro atoms. The van der Waals surface area contributed by atoms with Gasteiger partial charge in [-0.3, -0.25) is 4.79 Å². The zero-order valence-corrected chi connectivity index (χ0v) is 13.4. The predicted molar refractivity (Wildman–Crippen MR) is 84.4 cm³/mol. The Hall–Kier alpha value is -0.990. The minimum absolute atomic E-state index is 0.136. The number of ether oxygens (including phenoxy) is 2. The van der Waals surface area contributed by atoms with Gasteiger partial charge in [-0.05, 0) is 53.6 Å². The molecule has 0 aromatic heterocycles. The van der Waals surface area contributed by atoms with E-state index in [4.69, 9.17) is 9.47 Å². The Labute approximate surface area is 131 Å². The van der Waals surface area contributed by atoms with Crippen molar-refractivity contribution in [2.45, 2.75) is 25.6 Å². The van der Waals surface area contributed by atoms with Crippen molar-refractivity contribution in [1.82, 2.24) is 5.43 Å². The lowest BCUT2D eigenvalue weighted by Gasteiger charge is -2.33. The van der Waals surface area contributed by atoms with E-state index in [1.807, 2.05) is 24.3 Å². The molecule has 5 nitrogen and oxygen atoms in total. The number of hydrogen-bond acceptors (Lipinski definition) is 4. The number of hydrazone groups is 1. The summed E-state index contributed by atoms with van der Waals surface area (Å²) >= 11 is 2.23. The molecule has 0 atom stereocenters. The largest absolute Gasteiger partial charge is 0.350 e. The van der Waals surface area contributed by atoms with Gasteiger partial charge in [-0.1, -0.05) is 12.1 Å². The van der Waals surface area contributed by atoms with E-state index in [1.165, 1.54) is 0 Å². The highest BCUT2D eigenvalue weighted by Crippen LogP contribution is 2.21. The smallest absolute Gasteiger partial charge is 0.245 e. The summed E-state index contributed by atoms with van der Waals surface area (Å²) in [7, 11) is 0. The summed E-state index contributed by atoms with van der Waals surface area (Å²) in [5.74, 6) is -1.06. The van der Waals surface area contributed by atoms with Crippen molar-refractivity contribution in [3.05, 3.63) is 33.4 Å². The standard InChI is InChI=1S/C14H17IN2O3/c1-14(19-7-2-8-20-14)9-13(18)17-16-10-11-3-5-12(15)6-4-11/h3-6,10H,2,7-9H2,1H3,(H,17,18)/b16-10-. The lowest BCUT2D eigenvalue weighted by molar-refractivity contribution is -0.256. The number of carbonyl (C=O) groups is 1. The molecule has 108 valence electrons. The van der Waals surface area contributed by atoms with Gasteiger partial charge in [-0.25, -0.2) is 5.43 Å². The molecule has 0 bridgehead atoms. The maximum atomic E-state index is 11.8. The second-order valence-electron chi connectivity index (χ2n) is 4.71. The molecule has 0 radical (unpaired) electrons. The van der Waals surface area contributed by atoms with Crippen LogP contribution >= 0.6 is 22.6 Å². The summed E-state index contributed by atoms with van der Waals surface area (Å²) in [4.78, 5) is 11.8. The molecule has 0 aliphatic carbocycles. The number of hydrogen-bond donors (Lipinski definition) is 1. The second kappa shape index (κ2) is 7.14. The van der Waals surface area contributed by atoms with Crippen LogP contribution in [0.3, 0.4) is 0 Å². The summed E-state index contributed by atoms with van der Waals surface area (Å²) in [6.07, 6.45) is 2.61. The number of carbonyl (C=O) groups excluding carboxylic acids is 1. The molecule has 1 amide bonds. The first kappa shape index (κ1) is 15.4. The lowest BCUT2D eigenvalue weighted by atomic mass is 10.2. The van der Waals surface area contributed by atoms with E-state index < -0.39 is 5.79 Å². The van der Waals surface area contributed by atoms with Crippen LogP contribution in [0.5, 0.6) is 0 Å². The highest BCUT2D eigenvalue weighted by atomic mass is 127. The van der Waals surface area contributed by atoms with Gasteiger partial charge in [0.25, 0.3) is 0 Å². The Kier molecular flexibility index (Phi) is 5.50. The minimum atomic E-state index is -0.833. The van der Waals surface area contributed by atoms with Crippen molar-refractivity contribution in [2.75, 3.05) is 13.2 Å². The molecule has 1 aliphatic rings. The van der Waals surface area contributed by atoms with Crippen LogP contribution in [0.4, 0.5) is 0 Å². The highest BCUT2D eigenvalue weighted by molar-refractivity contribution is 14.1. The predicted octanol–water partition coefficient (Wildman–Crippen LogP) is 2.28. The third kappa shape index (κ3) is 4.84. The molecule has 1 aliphatic heterocycles. The first-order valence-electron chi connectivity index (χ1n) is 6.43. The van der Waals surface area contributed by atoms with Gasteiger partial charge in [0, 0.05) is 3.57 Å². The molecule has 2 rings (SSSR count). The number of rotatable bonds is 4. The normalized spacial score (nSPS) is 18.1. The van der Waals surface area contributed by atoms with Gasteiger partial charge in [0.15, 0.2) is 5.79 Å². The van der Waals surface area contributed by atoms with Crippen LogP contribution in [-0.4, -0.2) is 31.1 Å². The Morgan fingerprint density at radius 3 is 2.70 bits per heavy atom. The molecule has 20 heavy (non-hydrogen) atoms. The lowest BCUT2D eigenvalue weighted by Crippen LogP contribution is -2.41. The van der Waals surface area contributed by atoms with Crippen LogP contribution in [0, 0.1) is 3.57 Å². The van der Waals surface area contributed by atoms with Gasteiger partial charge in [-0.15, -0.1) is 0 Å². The quantitative estimate of drug-likeness (QED) is 0.489. The van der Waals surface area contributed by atoms with Gasteiger partial charge >= 0.3 is 0 Å². The zero-order valence-electron chi connectivity index (χ0n) is 11.3. The second-order valence-corrected chi connectivity index (χ2v) is 5.95.